The average molecular weight is 1040 g/mol. The number of hydrogen-bond acceptors (Lipinski definition) is 1. The fraction of sp³-hybridized carbons (Fsp3) is 0.0127. The Bertz CT molecular complexity index is 4950. The molecule has 0 saturated heterocycles. The van der Waals surface area contributed by atoms with Crippen LogP contribution in [0.2, 0.25) is 0 Å². The Balaban J connectivity index is 0.875. The average Bonchev–Trinajstić information content (AvgIpc) is 1.79. The van der Waals surface area contributed by atoms with Crippen LogP contribution < -0.4 is 4.90 Å². The number of aromatic nitrogens is 2. The molecule has 2 aliphatic rings. The van der Waals surface area contributed by atoms with Crippen LogP contribution in [-0.4, -0.2) is 9.13 Å². The molecule has 0 atom stereocenters. The highest BCUT2D eigenvalue weighted by molar-refractivity contribution is 6.17. The molecular weight excluding hydrogens is 991 g/mol. The molecular formula is C79H51N3. The van der Waals surface area contributed by atoms with E-state index in [1.54, 1.807) is 0 Å². The summed E-state index contributed by atoms with van der Waals surface area (Å²) in [5.74, 6) is 0. The lowest BCUT2D eigenvalue weighted by molar-refractivity contribution is 0.793. The normalized spacial score (nSPS) is 12.7. The SMILES string of the molecule is c1ccc(-c2ccc3c(c2)c2cccc(-c4ccc(N(c5ccc(-c6cccc7c6c6ccccc6n7-c6ccccc6)cc5)c5cccc6c5C5(c7ccccc7-c7ccccc75)c5ccccc5-6)cc4)c2n3-c2ccccc2)cc1. The number of para-hydroxylation sites is 4. The monoisotopic (exact) mass is 1040 g/mol. The van der Waals surface area contributed by atoms with Crippen LogP contribution in [0.5, 0.6) is 0 Å². The molecule has 82 heavy (non-hydrogen) atoms. The van der Waals surface area contributed by atoms with Gasteiger partial charge in [-0.05, 0) is 146 Å². The molecule has 13 aromatic carbocycles. The minimum absolute atomic E-state index is 0.558. The summed E-state index contributed by atoms with van der Waals surface area (Å²) in [5.41, 5.74) is 27.3. The Hall–Kier alpha value is -10.7. The van der Waals surface area contributed by atoms with Crippen molar-refractivity contribution in [3.63, 3.8) is 0 Å². The van der Waals surface area contributed by atoms with Crippen molar-refractivity contribution in [1.82, 2.24) is 9.13 Å². The highest BCUT2D eigenvalue weighted by atomic mass is 15.1. The highest BCUT2D eigenvalue weighted by Crippen LogP contribution is 2.65. The van der Waals surface area contributed by atoms with Gasteiger partial charge in [-0.1, -0.05) is 231 Å². The molecule has 3 heteroatoms. The molecule has 0 bridgehead atoms. The Kier molecular flexibility index (Phi) is 10.2. The topological polar surface area (TPSA) is 13.1 Å². The third-order valence-electron chi connectivity index (χ3n) is 17.7. The van der Waals surface area contributed by atoms with Gasteiger partial charge in [-0.25, -0.2) is 0 Å². The Labute approximate surface area is 476 Å². The van der Waals surface area contributed by atoms with Gasteiger partial charge in [0.05, 0.1) is 33.2 Å². The second-order valence-electron chi connectivity index (χ2n) is 21.9. The predicted octanol–water partition coefficient (Wildman–Crippen LogP) is 20.7. The van der Waals surface area contributed by atoms with Crippen LogP contribution >= 0.6 is 0 Å². The van der Waals surface area contributed by atoms with E-state index in [-0.39, 0.29) is 0 Å². The zero-order chi connectivity index (χ0) is 53.9. The van der Waals surface area contributed by atoms with Gasteiger partial charge in [0.25, 0.3) is 0 Å². The van der Waals surface area contributed by atoms with Crippen LogP contribution in [0.3, 0.4) is 0 Å². The maximum absolute atomic E-state index is 2.53. The summed E-state index contributed by atoms with van der Waals surface area (Å²) in [6, 6.07) is 115. The van der Waals surface area contributed by atoms with E-state index in [0.717, 1.165) is 34.0 Å². The van der Waals surface area contributed by atoms with Crippen LogP contribution in [0.4, 0.5) is 17.1 Å². The van der Waals surface area contributed by atoms with Crippen LogP contribution in [0.25, 0.3) is 111 Å². The predicted molar refractivity (Wildman–Crippen MR) is 342 cm³/mol. The molecule has 0 amide bonds. The fourth-order valence-electron chi connectivity index (χ4n) is 14.4. The van der Waals surface area contributed by atoms with Gasteiger partial charge in [0, 0.05) is 55.4 Å². The van der Waals surface area contributed by atoms with Gasteiger partial charge in [0.15, 0.2) is 0 Å². The van der Waals surface area contributed by atoms with E-state index >= 15 is 0 Å². The molecule has 0 radical (unpaired) electrons. The molecule has 15 aromatic rings. The Morgan fingerprint density at radius 2 is 0.720 bits per heavy atom. The van der Waals surface area contributed by atoms with Crippen LogP contribution in [0.15, 0.2) is 309 Å². The molecule has 0 fully saturated rings. The molecule has 2 heterocycles. The van der Waals surface area contributed by atoms with Crippen molar-refractivity contribution in [1.29, 1.82) is 0 Å². The lowest BCUT2D eigenvalue weighted by atomic mass is 9.70. The second-order valence-corrected chi connectivity index (χ2v) is 21.9. The maximum atomic E-state index is 2.53. The summed E-state index contributed by atoms with van der Waals surface area (Å²) < 4.78 is 4.86. The largest absolute Gasteiger partial charge is 0.310 e. The van der Waals surface area contributed by atoms with E-state index in [9.17, 15) is 0 Å². The van der Waals surface area contributed by atoms with Crippen molar-refractivity contribution < 1.29 is 0 Å². The smallest absolute Gasteiger partial charge is 0.0746 e. The summed E-state index contributed by atoms with van der Waals surface area (Å²) in [7, 11) is 0. The summed E-state index contributed by atoms with van der Waals surface area (Å²) in [6.45, 7) is 0. The van der Waals surface area contributed by atoms with Crippen molar-refractivity contribution in [2.75, 3.05) is 4.90 Å². The lowest BCUT2D eigenvalue weighted by Crippen LogP contribution is -2.28. The van der Waals surface area contributed by atoms with Crippen LogP contribution in [0, 0.1) is 0 Å². The third-order valence-corrected chi connectivity index (χ3v) is 17.7. The second kappa shape index (κ2) is 18.2. The van der Waals surface area contributed by atoms with Gasteiger partial charge < -0.3 is 14.0 Å². The molecule has 0 N–H and O–H groups in total. The van der Waals surface area contributed by atoms with Gasteiger partial charge in [-0.2, -0.15) is 0 Å². The maximum Gasteiger partial charge on any atom is 0.0746 e. The van der Waals surface area contributed by atoms with E-state index in [1.165, 1.54) is 116 Å². The zero-order valence-corrected chi connectivity index (χ0v) is 44.8. The molecule has 0 saturated carbocycles. The van der Waals surface area contributed by atoms with E-state index in [0.29, 0.717) is 0 Å². The Morgan fingerprint density at radius 1 is 0.268 bits per heavy atom. The standard InChI is InChI=1S/C79H51N3/c1-4-21-52(22-5-1)55-45-50-73-68(51-55)66-34-18-32-61(78(66)82(73)57-25-8-3-9-26-57)54-43-48-59(49-44-54)80(58-46-41-53(42-47-58)60-31-19-39-74-76(60)67-30-13-17-38-72(67)81(74)56-23-6-2-7-24-56)75-40-20-33-65-64-29-12-16-37-71(64)79(77(65)75)69-35-14-10-27-62(69)63-28-11-15-36-70(63)79/h1-51H. The molecule has 3 nitrogen and oxygen atoms in total. The fourth-order valence-corrected chi connectivity index (χ4v) is 14.4. The van der Waals surface area contributed by atoms with Crippen molar-refractivity contribution >= 4 is 60.7 Å². The third kappa shape index (κ3) is 6.65. The first kappa shape index (κ1) is 46.2. The van der Waals surface area contributed by atoms with Gasteiger partial charge >= 0.3 is 0 Å². The highest BCUT2D eigenvalue weighted by Gasteiger charge is 2.53. The summed E-state index contributed by atoms with van der Waals surface area (Å²) in [6.07, 6.45) is 0. The van der Waals surface area contributed by atoms with Gasteiger partial charge in [-0.3, -0.25) is 0 Å². The molecule has 382 valence electrons. The first-order chi connectivity index (χ1) is 40.7. The Morgan fingerprint density at radius 3 is 1.38 bits per heavy atom. The number of benzene rings is 13. The summed E-state index contributed by atoms with van der Waals surface area (Å²) >= 11 is 0. The van der Waals surface area contributed by atoms with Gasteiger partial charge in [-0.15, -0.1) is 0 Å². The molecule has 2 aliphatic carbocycles. The number of nitrogens with zero attached hydrogens (tertiary/aromatic N) is 3. The number of rotatable bonds is 8. The molecule has 1 spiro atoms. The number of anilines is 3. The quantitative estimate of drug-likeness (QED) is 0.148. The van der Waals surface area contributed by atoms with E-state index in [2.05, 4.69) is 323 Å². The van der Waals surface area contributed by atoms with E-state index in [4.69, 9.17) is 0 Å². The van der Waals surface area contributed by atoms with E-state index < -0.39 is 5.41 Å². The molecule has 17 rings (SSSR count). The minimum atomic E-state index is -0.558. The summed E-state index contributed by atoms with van der Waals surface area (Å²) in [4.78, 5) is 2.53. The number of hydrogen-bond donors (Lipinski definition) is 0. The van der Waals surface area contributed by atoms with Crippen molar-refractivity contribution in [2.24, 2.45) is 0 Å². The minimum Gasteiger partial charge on any atom is -0.310 e. The van der Waals surface area contributed by atoms with Gasteiger partial charge in [0.1, 0.15) is 0 Å². The van der Waals surface area contributed by atoms with Crippen LogP contribution in [0.1, 0.15) is 22.3 Å². The van der Waals surface area contributed by atoms with Crippen LogP contribution in [-0.2, 0) is 5.41 Å². The van der Waals surface area contributed by atoms with Gasteiger partial charge in [0.2, 0.25) is 0 Å². The molecule has 0 unspecified atom stereocenters. The lowest BCUT2D eigenvalue weighted by Gasteiger charge is -2.36. The van der Waals surface area contributed by atoms with Crippen molar-refractivity contribution in [3.8, 4) is 67.0 Å². The number of fused-ring (bicyclic) bond motifs is 16. The molecule has 2 aromatic heterocycles. The van der Waals surface area contributed by atoms with Crippen molar-refractivity contribution in [3.05, 3.63) is 332 Å². The van der Waals surface area contributed by atoms with E-state index in [1.807, 2.05) is 0 Å². The zero-order valence-electron chi connectivity index (χ0n) is 44.8. The first-order valence-electron chi connectivity index (χ1n) is 28.4. The summed E-state index contributed by atoms with van der Waals surface area (Å²) in [5, 5.41) is 4.94. The molecule has 0 aliphatic heterocycles. The van der Waals surface area contributed by atoms with Crippen molar-refractivity contribution in [2.45, 2.75) is 5.41 Å². The first-order valence-corrected chi connectivity index (χ1v) is 28.4.